The number of halogens is 1. The highest BCUT2D eigenvalue weighted by Gasteiger charge is 2.29. The first kappa shape index (κ1) is 13.6. The van der Waals surface area contributed by atoms with Gasteiger partial charge in [0.25, 0.3) is 0 Å². The molecule has 1 heterocycles. The molecule has 0 bridgehead atoms. The Hall–Kier alpha value is -2.36. The molecule has 3 rings (SSSR count). The molecule has 0 aromatic heterocycles. The molecule has 108 valence electrons. The summed E-state index contributed by atoms with van der Waals surface area (Å²) < 4.78 is 13.3. The van der Waals surface area contributed by atoms with Crippen molar-refractivity contribution in [1.29, 1.82) is 0 Å². The summed E-state index contributed by atoms with van der Waals surface area (Å²) in [6.07, 6.45) is 0.122. The molecule has 0 aliphatic carbocycles. The summed E-state index contributed by atoms with van der Waals surface area (Å²) in [6, 6.07) is 14.4. The molecule has 2 aromatic carbocycles. The Morgan fingerprint density at radius 3 is 2.81 bits per heavy atom. The lowest BCUT2D eigenvalue weighted by Crippen LogP contribution is -2.22. The topological polar surface area (TPSA) is 40.5 Å². The molecular weight excluding hydrogens is 269 g/mol. The van der Waals surface area contributed by atoms with Gasteiger partial charge in [-0.2, -0.15) is 0 Å². The molecule has 0 saturated heterocycles. The minimum Gasteiger partial charge on any atom is -0.481 e. The SMILES string of the molecule is O=C(O)CC1CN(Cc2cccc(F)c2)c2ccccc21. The van der Waals surface area contributed by atoms with Crippen molar-refractivity contribution >= 4 is 11.7 Å². The molecule has 0 amide bonds. The van der Waals surface area contributed by atoms with Crippen LogP contribution in [0.2, 0.25) is 0 Å². The lowest BCUT2D eigenvalue weighted by atomic mass is 9.98. The van der Waals surface area contributed by atoms with E-state index in [1.54, 1.807) is 6.07 Å². The molecule has 1 aliphatic heterocycles. The smallest absolute Gasteiger partial charge is 0.304 e. The molecule has 0 spiro atoms. The summed E-state index contributed by atoms with van der Waals surface area (Å²) in [6.45, 7) is 1.24. The summed E-state index contributed by atoms with van der Waals surface area (Å²) in [5, 5.41) is 9.04. The number of para-hydroxylation sites is 1. The van der Waals surface area contributed by atoms with Crippen molar-refractivity contribution in [3.05, 3.63) is 65.5 Å². The van der Waals surface area contributed by atoms with Gasteiger partial charge in [0.15, 0.2) is 0 Å². The van der Waals surface area contributed by atoms with E-state index in [0.29, 0.717) is 13.1 Å². The molecule has 0 fully saturated rings. The average molecular weight is 285 g/mol. The van der Waals surface area contributed by atoms with Gasteiger partial charge in [0.1, 0.15) is 5.82 Å². The van der Waals surface area contributed by atoms with Crippen LogP contribution in [0, 0.1) is 5.82 Å². The first-order valence-corrected chi connectivity index (χ1v) is 6.93. The van der Waals surface area contributed by atoms with E-state index in [2.05, 4.69) is 4.90 Å². The maximum Gasteiger partial charge on any atom is 0.304 e. The second-order valence-corrected chi connectivity index (χ2v) is 5.36. The molecule has 2 aromatic rings. The first-order valence-electron chi connectivity index (χ1n) is 6.93. The van der Waals surface area contributed by atoms with E-state index in [-0.39, 0.29) is 18.2 Å². The number of fused-ring (bicyclic) bond motifs is 1. The van der Waals surface area contributed by atoms with Crippen molar-refractivity contribution in [3.63, 3.8) is 0 Å². The van der Waals surface area contributed by atoms with Gasteiger partial charge in [-0.15, -0.1) is 0 Å². The van der Waals surface area contributed by atoms with Crippen LogP contribution in [0.15, 0.2) is 48.5 Å². The number of nitrogens with zero attached hydrogens (tertiary/aromatic N) is 1. The van der Waals surface area contributed by atoms with E-state index in [1.807, 2.05) is 30.3 Å². The fourth-order valence-corrected chi connectivity index (χ4v) is 2.97. The highest BCUT2D eigenvalue weighted by atomic mass is 19.1. The van der Waals surface area contributed by atoms with Crippen LogP contribution in [-0.2, 0) is 11.3 Å². The van der Waals surface area contributed by atoms with Crippen LogP contribution in [0.3, 0.4) is 0 Å². The number of carbonyl (C=O) groups is 1. The van der Waals surface area contributed by atoms with Crippen molar-refractivity contribution in [1.82, 2.24) is 0 Å². The number of carboxylic acids is 1. The van der Waals surface area contributed by atoms with Crippen LogP contribution in [0.4, 0.5) is 10.1 Å². The maximum atomic E-state index is 13.3. The van der Waals surface area contributed by atoms with Gasteiger partial charge in [-0.05, 0) is 29.3 Å². The van der Waals surface area contributed by atoms with Gasteiger partial charge in [-0.3, -0.25) is 4.79 Å². The van der Waals surface area contributed by atoms with E-state index in [9.17, 15) is 9.18 Å². The zero-order valence-corrected chi connectivity index (χ0v) is 11.5. The normalized spacial score (nSPS) is 16.8. The highest BCUT2D eigenvalue weighted by molar-refractivity contribution is 5.71. The molecule has 0 radical (unpaired) electrons. The van der Waals surface area contributed by atoms with Gasteiger partial charge >= 0.3 is 5.97 Å². The Morgan fingerprint density at radius 1 is 1.24 bits per heavy atom. The third-order valence-corrected chi connectivity index (χ3v) is 3.84. The maximum absolute atomic E-state index is 13.3. The number of aliphatic carboxylic acids is 1. The summed E-state index contributed by atoms with van der Waals surface area (Å²) >= 11 is 0. The number of anilines is 1. The number of carboxylic acid groups (broad SMARTS) is 1. The van der Waals surface area contributed by atoms with Crippen LogP contribution in [0.25, 0.3) is 0 Å². The second-order valence-electron chi connectivity index (χ2n) is 5.36. The number of benzene rings is 2. The van der Waals surface area contributed by atoms with E-state index in [0.717, 1.165) is 16.8 Å². The Bertz CT molecular complexity index is 671. The van der Waals surface area contributed by atoms with E-state index in [4.69, 9.17) is 5.11 Å². The van der Waals surface area contributed by atoms with Crippen LogP contribution in [-0.4, -0.2) is 17.6 Å². The van der Waals surface area contributed by atoms with Gasteiger partial charge in [0.05, 0.1) is 6.42 Å². The third kappa shape index (κ3) is 2.89. The zero-order valence-electron chi connectivity index (χ0n) is 11.5. The molecule has 4 heteroatoms. The standard InChI is InChI=1S/C17H16FNO2/c18-14-5-3-4-12(8-14)10-19-11-13(9-17(20)21)15-6-1-2-7-16(15)19/h1-8,13H,9-11H2,(H,20,21). The summed E-state index contributed by atoms with van der Waals surface area (Å²) in [5.41, 5.74) is 3.00. The third-order valence-electron chi connectivity index (χ3n) is 3.84. The van der Waals surface area contributed by atoms with Crippen molar-refractivity contribution in [2.24, 2.45) is 0 Å². The summed E-state index contributed by atoms with van der Waals surface area (Å²) in [4.78, 5) is 13.1. The second kappa shape index (κ2) is 5.56. The first-order chi connectivity index (χ1) is 10.1. The van der Waals surface area contributed by atoms with E-state index < -0.39 is 5.97 Å². The van der Waals surface area contributed by atoms with Gasteiger partial charge in [0.2, 0.25) is 0 Å². The molecule has 1 atom stereocenters. The lowest BCUT2D eigenvalue weighted by Gasteiger charge is -2.20. The van der Waals surface area contributed by atoms with Crippen molar-refractivity contribution in [2.45, 2.75) is 18.9 Å². The van der Waals surface area contributed by atoms with Crippen molar-refractivity contribution in [3.8, 4) is 0 Å². The van der Waals surface area contributed by atoms with Crippen LogP contribution < -0.4 is 4.90 Å². The Morgan fingerprint density at radius 2 is 2.05 bits per heavy atom. The van der Waals surface area contributed by atoms with Gasteiger partial charge in [-0.1, -0.05) is 30.3 Å². The number of rotatable bonds is 4. The van der Waals surface area contributed by atoms with Crippen LogP contribution in [0.5, 0.6) is 0 Å². The minimum atomic E-state index is -0.789. The predicted octanol–water partition coefficient (Wildman–Crippen LogP) is 3.40. The Labute approximate surface area is 122 Å². The Kier molecular flexibility index (Phi) is 3.60. The monoisotopic (exact) mass is 285 g/mol. The van der Waals surface area contributed by atoms with Gasteiger partial charge < -0.3 is 10.0 Å². The highest BCUT2D eigenvalue weighted by Crippen LogP contribution is 2.38. The average Bonchev–Trinajstić information content (AvgIpc) is 2.77. The minimum absolute atomic E-state index is 0.00717. The summed E-state index contributed by atoms with van der Waals surface area (Å²) in [5.74, 6) is -1.04. The largest absolute Gasteiger partial charge is 0.481 e. The zero-order chi connectivity index (χ0) is 14.8. The molecule has 0 saturated carbocycles. The molecule has 1 N–H and O–H groups in total. The van der Waals surface area contributed by atoms with Crippen molar-refractivity contribution in [2.75, 3.05) is 11.4 Å². The van der Waals surface area contributed by atoms with Gasteiger partial charge in [0, 0.05) is 24.7 Å². The Balaban J connectivity index is 1.85. The van der Waals surface area contributed by atoms with Gasteiger partial charge in [-0.25, -0.2) is 4.39 Å². The molecule has 1 unspecified atom stereocenters. The quantitative estimate of drug-likeness (QED) is 0.936. The van der Waals surface area contributed by atoms with E-state index in [1.165, 1.54) is 12.1 Å². The van der Waals surface area contributed by atoms with Crippen molar-refractivity contribution < 1.29 is 14.3 Å². The molecule has 21 heavy (non-hydrogen) atoms. The van der Waals surface area contributed by atoms with Crippen LogP contribution >= 0.6 is 0 Å². The fraction of sp³-hybridized carbons (Fsp3) is 0.235. The molecule has 1 aliphatic rings. The fourth-order valence-electron chi connectivity index (χ4n) is 2.97. The predicted molar refractivity (Wildman–Crippen MR) is 78.9 cm³/mol. The lowest BCUT2D eigenvalue weighted by molar-refractivity contribution is -0.137. The summed E-state index contributed by atoms with van der Waals surface area (Å²) in [7, 11) is 0. The molecule has 3 nitrogen and oxygen atoms in total. The van der Waals surface area contributed by atoms with E-state index >= 15 is 0 Å². The van der Waals surface area contributed by atoms with Crippen LogP contribution in [0.1, 0.15) is 23.5 Å². The number of hydrogen-bond acceptors (Lipinski definition) is 2. The number of hydrogen-bond donors (Lipinski definition) is 1. The molecular formula is C17H16FNO2.